The van der Waals surface area contributed by atoms with Crippen LogP contribution >= 0.6 is 0 Å². The van der Waals surface area contributed by atoms with Crippen LogP contribution < -0.4 is 10.5 Å². The van der Waals surface area contributed by atoms with E-state index >= 15 is 4.39 Å². The first-order valence-electron chi connectivity index (χ1n) is 12.8. The van der Waals surface area contributed by atoms with Crippen LogP contribution in [0.4, 0.5) is 26.3 Å². The highest BCUT2D eigenvalue weighted by atomic mass is 19.4. The monoisotopic (exact) mass is 622 g/mol. The van der Waals surface area contributed by atoms with Gasteiger partial charge in [0.15, 0.2) is 5.75 Å². The number of aromatic nitrogens is 4. The van der Waals surface area contributed by atoms with Crippen molar-refractivity contribution in [3.05, 3.63) is 119 Å². The normalized spacial score (nSPS) is 16.0. The van der Waals surface area contributed by atoms with E-state index in [0.717, 1.165) is 6.07 Å². The van der Waals surface area contributed by atoms with E-state index in [2.05, 4.69) is 19.9 Å². The number of nitrogens with two attached hydrogens (primary N) is 1. The minimum Gasteiger partial charge on any atom is -0.475 e. The third kappa shape index (κ3) is 4.97. The number of hydrogen-bond acceptors (Lipinski definition) is 8. The Hall–Kier alpha value is -5.86. The van der Waals surface area contributed by atoms with Crippen molar-refractivity contribution in [2.24, 2.45) is 10.7 Å². The maximum atomic E-state index is 15.6. The highest BCUT2D eigenvalue weighted by Crippen LogP contribution is 2.56. The van der Waals surface area contributed by atoms with E-state index in [1.54, 1.807) is 54.9 Å². The summed E-state index contributed by atoms with van der Waals surface area (Å²) in [6.45, 7) is 0. The predicted octanol–water partition coefficient (Wildman–Crippen LogP) is 5.77. The Morgan fingerprint density at radius 2 is 1.62 bits per heavy atom. The molecular formula is C30H16F6N6O3. The number of rotatable bonds is 2. The van der Waals surface area contributed by atoms with Crippen LogP contribution in [-0.4, -0.2) is 43.0 Å². The lowest BCUT2D eigenvalue weighted by molar-refractivity contribution is -0.192. The van der Waals surface area contributed by atoms with Gasteiger partial charge >= 0.3 is 12.1 Å². The second-order valence-electron chi connectivity index (χ2n) is 9.63. The summed E-state index contributed by atoms with van der Waals surface area (Å²) < 4.78 is 82.0. The molecule has 1 atom stereocenters. The number of fused-ring (bicyclic) bond motifs is 6. The van der Waals surface area contributed by atoms with Gasteiger partial charge in [-0.3, -0.25) is 4.98 Å². The third-order valence-electron chi connectivity index (χ3n) is 7.01. The smallest absolute Gasteiger partial charge is 0.475 e. The third-order valence-corrected chi connectivity index (χ3v) is 7.01. The Morgan fingerprint density at radius 3 is 2.33 bits per heavy atom. The number of alkyl halides is 3. The molecule has 0 amide bonds. The molecule has 1 aromatic carbocycles. The Bertz CT molecular complexity index is 2040. The lowest BCUT2D eigenvalue weighted by Gasteiger charge is -2.36. The number of halogens is 6. The molecule has 2 aliphatic heterocycles. The Balaban J connectivity index is 0.000000460. The lowest BCUT2D eigenvalue weighted by atomic mass is 9.75. The van der Waals surface area contributed by atoms with Gasteiger partial charge in [0, 0.05) is 64.2 Å². The number of carboxylic acid groups (broad SMARTS) is 1. The van der Waals surface area contributed by atoms with Crippen LogP contribution in [0, 0.1) is 17.8 Å². The summed E-state index contributed by atoms with van der Waals surface area (Å²) in [4.78, 5) is 29.4. The minimum atomic E-state index is -5.08. The fourth-order valence-electron chi connectivity index (χ4n) is 5.12. The van der Waals surface area contributed by atoms with Gasteiger partial charge in [-0.25, -0.2) is 24.7 Å². The molecule has 15 heteroatoms. The Morgan fingerprint density at radius 1 is 0.844 bits per heavy atom. The van der Waals surface area contributed by atoms with E-state index in [0.29, 0.717) is 39.1 Å². The zero-order chi connectivity index (χ0) is 32.1. The molecule has 0 saturated heterocycles. The molecule has 45 heavy (non-hydrogen) atoms. The number of aliphatic imine (C=N–C) groups is 1. The standard InChI is InChI=1S/C28H15F3N6O.C2HF3O2/c29-23-11-15(5-9-34-23)21-12-19-24(26(31)36-21)38-22-4-3-14(16-2-1-7-35-25(16)30)10-18(22)28(19)20-13-33-8-6-17(20)27(32)37-28;3-2(4,5)1(6)7/h1-13H,(H2,32,37);(H,6,7). The summed E-state index contributed by atoms with van der Waals surface area (Å²) in [5.41, 5.74) is 8.24. The predicted molar refractivity (Wildman–Crippen MR) is 146 cm³/mol. The fourth-order valence-corrected chi connectivity index (χ4v) is 5.12. The second-order valence-corrected chi connectivity index (χ2v) is 9.63. The first-order chi connectivity index (χ1) is 21.4. The molecule has 6 heterocycles. The van der Waals surface area contributed by atoms with Crippen molar-refractivity contribution in [3.63, 3.8) is 0 Å². The van der Waals surface area contributed by atoms with Crippen molar-refractivity contribution in [1.82, 2.24) is 19.9 Å². The van der Waals surface area contributed by atoms with E-state index < -0.39 is 35.5 Å². The van der Waals surface area contributed by atoms with E-state index in [1.807, 2.05) is 0 Å². The number of carbonyl (C=O) groups is 1. The molecule has 0 fully saturated rings. The summed E-state index contributed by atoms with van der Waals surface area (Å²) in [6.07, 6.45) is 0.742. The average Bonchev–Trinajstić information content (AvgIpc) is 3.30. The molecule has 9 nitrogen and oxygen atoms in total. The molecule has 4 aromatic heterocycles. The van der Waals surface area contributed by atoms with E-state index in [4.69, 9.17) is 25.4 Å². The van der Waals surface area contributed by atoms with Crippen molar-refractivity contribution in [2.75, 3.05) is 0 Å². The molecule has 0 radical (unpaired) electrons. The topological polar surface area (TPSA) is 136 Å². The lowest BCUT2D eigenvalue weighted by Crippen LogP contribution is -2.30. The average molecular weight is 622 g/mol. The molecule has 5 aromatic rings. The summed E-state index contributed by atoms with van der Waals surface area (Å²) in [6, 6.07) is 14.2. The van der Waals surface area contributed by atoms with Gasteiger partial charge in [-0.1, -0.05) is 6.07 Å². The maximum absolute atomic E-state index is 15.6. The zero-order valence-corrected chi connectivity index (χ0v) is 22.4. The molecule has 1 unspecified atom stereocenters. The number of carboxylic acids is 1. The number of nitrogens with zero attached hydrogens (tertiary/aromatic N) is 5. The largest absolute Gasteiger partial charge is 0.490 e. The van der Waals surface area contributed by atoms with Gasteiger partial charge in [0.05, 0.1) is 5.69 Å². The highest BCUT2D eigenvalue weighted by molar-refractivity contribution is 6.03. The molecule has 226 valence electrons. The van der Waals surface area contributed by atoms with Crippen molar-refractivity contribution in [2.45, 2.75) is 11.7 Å². The summed E-state index contributed by atoms with van der Waals surface area (Å²) in [5.74, 6) is -4.69. The quantitative estimate of drug-likeness (QED) is 0.187. The van der Waals surface area contributed by atoms with Crippen LogP contribution in [0.3, 0.4) is 0 Å². The summed E-state index contributed by atoms with van der Waals surface area (Å²) >= 11 is 0. The van der Waals surface area contributed by atoms with Gasteiger partial charge in [-0.2, -0.15) is 26.3 Å². The maximum Gasteiger partial charge on any atom is 0.490 e. The molecular weight excluding hydrogens is 606 g/mol. The van der Waals surface area contributed by atoms with Crippen LogP contribution in [-0.2, 0) is 10.3 Å². The first-order valence-corrected chi connectivity index (χ1v) is 12.8. The number of pyridine rings is 4. The minimum absolute atomic E-state index is 0.148. The van der Waals surface area contributed by atoms with Crippen molar-refractivity contribution in [1.29, 1.82) is 0 Å². The fraction of sp³-hybridized carbons (Fsp3) is 0.0667. The van der Waals surface area contributed by atoms with E-state index in [-0.39, 0.29) is 22.8 Å². The van der Waals surface area contributed by atoms with Gasteiger partial charge < -0.3 is 15.6 Å². The van der Waals surface area contributed by atoms with Crippen LogP contribution in [0.15, 0.2) is 84.4 Å². The van der Waals surface area contributed by atoms with E-state index in [1.165, 1.54) is 18.5 Å². The van der Waals surface area contributed by atoms with E-state index in [9.17, 15) is 22.0 Å². The SMILES string of the molecule is NC1=NC2(c3cc(-c4cccnc4F)ccc3Oc3c2cc(-c2ccnc(F)c2)nc3F)c2cnccc21.O=C(O)C(F)(F)F. The number of hydrogen-bond donors (Lipinski definition) is 2. The van der Waals surface area contributed by atoms with Crippen LogP contribution in [0.25, 0.3) is 22.4 Å². The van der Waals surface area contributed by atoms with Gasteiger partial charge in [0.25, 0.3) is 5.95 Å². The van der Waals surface area contributed by atoms with Gasteiger partial charge in [0.1, 0.15) is 17.1 Å². The number of ether oxygens (including phenoxy) is 1. The molecule has 7 rings (SSSR count). The Kier molecular flexibility index (Phi) is 6.94. The molecule has 0 aliphatic carbocycles. The van der Waals surface area contributed by atoms with Crippen molar-refractivity contribution >= 4 is 11.8 Å². The molecule has 2 aliphatic rings. The molecule has 0 saturated carbocycles. The number of benzene rings is 1. The summed E-state index contributed by atoms with van der Waals surface area (Å²) in [5, 5.41) is 7.12. The van der Waals surface area contributed by atoms with Gasteiger partial charge in [-0.15, -0.1) is 0 Å². The number of amidine groups is 1. The highest BCUT2D eigenvalue weighted by Gasteiger charge is 2.50. The van der Waals surface area contributed by atoms with Crippen molar-refractivity contribution in [3.8, 4) is 33.9 Å². The first kappa shape index (κ1) is 29.2. The number of aliphatic carboxylic acids is 1. The van der Waals surface area contributed by atoms with Crippen LogP contribution in [0.5, 0.6) is 11.5 Å². The second kappa shape index (κ2) is 10.7. The van der Waals surface area contributed by atoms with Crippen molar-refractivity contribution < 1.29 is 41.0 Å². The zero-order valence-electron chi connectivity index (χ0n) is 22.4. The van der Waals surface area contributed by atoms with Crippen LogP contribution in [0.1, 0.15) is 22.3 Å². The summed E-state index contributed by atoms with van der Waals surface area (Å²) in [7, 11) is 0. The van der Waals surface area contributed by atoms with Crippen LogP contribution in [0.2, 0.25) is 0 Å². The Labute approximate surface area is 248 Å². The van der Waals surface area contributed by atoms with Gasteiger partial charge in [-0.05, 0) is 48.0 Å². The molecule has 0 bridgehead atoms. The molecule has 3 N–H and O–H groups in total. The van der Waals surface area contributed by atoms with Gasteiger partial charge in [0.2, 0.25) is 11.9 Å². The molecule has 1 spiro atoms.